The molecule has 2 aromatic carbocycles. The Morgan fingerprint density at radius 3 is 2.63 bits per heavy atom. The van der Waals surface area contributed by atoms with E-state index in [4.69, 9.17) is 10.00 Å². The van der Waals surface area contributed by atoms with Gasteiger partial charge in [-0.1, -0.05) is 23.5 Å². The summed E-state index contributed by atoms with van der Waals surface area (Å²) in [6.45, 7) is 4.20. The Morgan fingerprint density at radius 2 is 1.97 bits per heavy atom. The van der Waals surface area contributed by atoms with E-state index in [0.29, 0.717) is 34.0 Å². The smallest absolute Gasteiger partial charge is 0.315 e. The Labute approximate surface area is 182 Å². The van der Waals surface area contributed by atoms with Crippen molar-refractivity contribution in [2.45, 2.75) is 19.6 Å². The first-order valence-electron chi connectivity index (χ1n) is 9.35. The predicted octanol–water partition coefficient (Wildman–Crippen LogP) is 3.96. The topological polar surface area (TPSA) is 84.4 Å². The lowest BCUT2D eigenvalue weighted by Gasteiger charge is -2.06. The number of thiazole rings is 1. The molecule has 0 aliphatic carbocycles. The Kier molecular flexibility index (Phi) is 7.08. The molecule has 0 spiro atoms. The number of fused-ring (bicyclic) bond motifs is 1. The lowest BCUT2D eigenvalue weighted by molar-refractivity contribution is -0.139. The number of ether oxygens (including phenoxy) is 1. The van der Waals surface area contributed by atoms with Crippen LogP contribution in [0.25, 0.3) is 10.2 Å². The molecule has 1 aromatic heterocycles. The summed E-state index contributed by atoms with van der Waals surface area (Å²) in [7, 11) is 1.90. The van der Waals surface area contributed by atoms with Crippen LogP contribution in [0.3, 0.4) is 0 Å². The molecule has 0 atom stereocenters. The number of aryl methyl sites for hydroxylation is 2. The zero-order chi connectivity index (χ0) is 21.7. The molecule has 3 rings (SSSR count). The van der Waals surface area contributed by atoms with Gasteiger partial charge in [-0.2, -0.15) is 10.3 Å². The number of hydrogen-bond acceptors (Lipinski definition) is 6. The monoisotopic (exact) mass is 439 g/mol. The summed E-state index contributed by atoms with van der Waals surface area (Å²) in [5, 5.41) is 8.90. The number of carbonyl (C=O) groups excluding carboxylic acids is 2. The first-order chi connectivity index (χ1) is 14.4. The minimum Gasteiger partial charge on any atom is -0.465 e. The van der Waals surface area contributed by atoms with Gasteiger partial charge in [0.15, 0.2) is 4.80 Å². The highest BCUT2D eigenvalue weighted by Gasteiger charge is 2.13. The number of amides is 1. The summed E-state index contributed by atoms with van der Waals surface area (Å²) in [6, 6.07) is 12.6. The van der Waals surface area contributed by atoms with Gasteiger partial charge in [-0.3, -0.25) is 9.59 Å². The third kappa shape index (κ3) is 4.81. The van der Waals surface area contributed by atoms with Crippen molar-refractivity contribution in [1.82, 2.24) is 4.57 Å². The van der Waals surface area contributed by atoms with Gasteiger partial charge in [0.05, 0.1) is 34.2 Å². The van der Waals surface area contributed by atoms with Crippen molar-refractivity contribution in [3.8, 4) is 6.07 Å². The number of hydrogen-bond donors (Lipinski definition) is 0. The van der Waals surface area contributed by atoms with Crippen LogP contribution in [-0.2, 0) is 22.3 Å². The normalized spacial score (nSPS) is 11.5. The molecule has 1 heterocycles. The highest BCUT2D eigenvalue weighted by atomic mass is 32.2. The van der Waals surface area contributed by atoms with Crippen molar-refractivity contribution in [3.05, 3.63) is 63.5 Å². The van der Waals surface area contributed by atoms with E-state index in [1.54, 1.807) is 31.2 Å². The zero-order valence-corrected chi connectivity index (χ0v) is 18.6. The molecule has 8 heteroatoms. The molecule has 1 amide bonds. The maximum absolute atomic E-state index is 12.6. The Balaban J connectivity index is 1.92. The maximum Gasteiger partial charge on any atom is 0.315 e. The van der Waals surface area contributed by atoms with Gasteiger partial charge in [-0.05, 0) is 49.2 Å². The van der Waals surface area contributed by atoms with E-state index in [9.17, 15) is 9.59 Å². The summed E-state index contributed by atoms with van der Waals surface area (Å²) < 4.78 is 7.96. The van der Waals surface area contributed by atoms with Crippen LogP contribution in [0.4, 0.5) is 0 Å². The van der Waals surface area contributed by atoms with Gasteiger partial charge >= 0.3 is 5.97 Å². The number of carbonyl (C=O) groups is 2. The quantitative estimate of drug-likeness (QED) is 0.543. The van der Waals surface area contributed by atoms with Gasteiger partial charge in [0, 0.05) is 18.4 Å². The first-order valence-corrected chi connectivity index (χ1v) is 11.3. The molecule has 0 saturated heterocycles. The molecule has 6 nitrogen and oxygen atoms in total. The van der Waals surface area contributed by atoms with Gasteiger partial charge in [0.1, 0.15) is 0 Å². The summed E-state index contributed by atoms with van der Waals surface area (Å²) in [5.74, 6) is 0.401. The number of nitrogens with zero attached hydrogens (tertiary/aromatic N) is 3. The van der Waals surface area contributed by atoms with Gasteiger partial charge in [-0.15, -0.1) is 11.8 Å². The van der Waals surface area contributed by atoms with Crippen molar-refractivity contribution in [2.75, 3.05) is 12.4 Å². The summed E-state index contributed by atoms with van der Waals surface area (Å²) >= 11 is 2.96. The fraction of sp³-hybridized carbons (Fsp3) is 0.273. The molecule has 0 N–H and O–H groups in total. The number of aromatic nitrogens is 1. The summed E-state index contributed by atoms with van der Waals surface area (Å²) in [5.41, 5.74) is 4.15. The van der Waals surface area contributed by atoms with E-state index in [0.717, 1.165) is 21.3 Å². The van der Waals surface area contributed by atoms with E-state index in [1.807, 2.05) is 30.7 Å². The Bertz CT molecular complexity index is 1200. The van der Waals surface area contributed by atoms with Crippen molar-refractivity contribution >= 4 is 45.2 Å². The fourth-order valence-electron chi connectivity index (χ4n) is 2.99. The van der Waals surface area contributed by atoms with E-state index in [2.05, 4.69) is 11.1 Å². The number of rotatable bonds is 6. The number of esters is 1. The predicted molar refractivity (Wildman–Crippen MR) is 119 cm³/mol. The van der Waals surface area contributed by atoms with Gasteiger partial charge in [-0.25, -0.2) is 0 Å². The second kappa shape index (κ2) is 9.74. The molecule has 0 radical (unpaired) electrons. The van der Waals surface area contributed by atoms with Crippen LogP contribution >= 0.6 is 23.1 Å². The molecule has 3 aromatic rings. The summed E-state index contributed by atoms with van der Waals surface area (Å²) in [4.78, 5) is 29.1. The largest absolute Gasteiger partial charge is 0.465 e. The molecular weight excluding hydrogens is 418 g/mol. The third-order valence-corrected chi connectivity index (χ3v) is 6.63. The average Bonchev–Trinajstić information content (AvgIpc) is 3.07. The average molecular weight is 440 g/mol. The molecular formula is C22H21N3O3S2. The molecule has 0 aliphatic heterocycles. The van der Waals surface area contributed by atoms with E-state index >= 15 is 0 Å². The standard InChI is InChI=1S/C22H21N3O3S2/c1-4-28-18(26)13-29-12-17-8-5-14(2)19-20(17)30-22(25(19)3)24-21(27)16-9-6-15(11-23)7-10-16/h5-10H,4,12-13H2,1-3H3/b24-22-. The van der Waals surface area contributed by atoms with E-state index < -0.39 is 0 Å². The van der Waals surface area contributed by atoms with Crippen molar-refractivity contribution in [2.24, 2.45) is 12.0 Å². The molecule has 0 fully saturated rings. The second-order valence-corrected chi connectivity index (χ2v) is 8.53. The van der Waals surface area contributed by atoms with Gasteiger partial charge < -0.3 is 9.30 Å². The molecule has 154 valence electrons. The molecule has 0 bridgehead atoms. The minimum atomic E-state index is -0.350. The lowest BCUT2D eigenvalue weighted by atomic mass is 10.1. The highest BCUT2D eigenvalue weighted by molar-refractivity contribution is 7.99. The van der Waals surface area contributed by atoms with Crippen molar-refractivity contribution in [3.63, 3.8) is 0 Å². The van der Waals surface area contributed by atoms with Crippen molar-refractivity contribution < 1.29 is 14.3 Å². The molecule has 0 unspecified atom stereocenters. The Morgan fingerprint density at radius 1 is 1.23 bits per heavy atom. The number of benzene rings is 2. The van der Waals surface area contributed by atoms with E-state index in [-0.39, 0.29) is 11.9 Å². The maximum atomic E-state index is 12.6. The van der Waals surface area contributed by atoms with Crippen LogP contribution in [0.2, 0.25) is 0 Å². The highest BCUT2D eigenvalue weighted by Crippen LogP contribution is 2.28. The van der Waals surface area contributed by atoms with Gasteiger partial charge in [0.25, 0.3) is 5.91 Å². The van der Waals surface area contributed by atoms with Gasteiger partial charge in [0.2, 0.25) is 0 Å². The van der Waals surface area contributed by atoms with Crippen LogP contribution < -0.4 is 4.80 Å². The number of nitriles is 1. The van der Waals surface area contributed by atoms with Crippen LogP contribution in [0, 0.1) is 18.3 Å². The molecule has 0 aliphatic rings. The number of thioether (sulfide) groups is 1. The first kappa shape index (κ1) is 21.8. The second-order valence-electron chi connectivity index (χ2n) is 6.57. The zero-order valence-electron chi connectivity index (χ0n) is 17.0. The van der Waals surface area contributed by atoms with E-state index in [1.165, 1.54) is 23.1 Å². The lowest BCUT2D eigenvalue weighted by Crippen LogP contribution is -2.13. The minimum absolute atomic E-state index is 0.216. The molecule has 0 saturated carbocycles. The molecule has 30 heavy (non-hydrogen) atoms. The van der Waals surface area contributed by atoms with Crippen LogP contribution in [0.1, 0.15) is 34.0 Å². The fourth-order valence-corrected chi connectivity index (χ4v) is 5.10. The van der Waals surface area contributed by atoms with Crippen molar-refractivity contribution in [1.29, 1.82) is 5.26 Å². The van der Waals surface area contributed by atoms with Crippen LogP contribution in [-0.4, -0.2) is 28.8 Å². The summed E-state index contributed by atoms with van der Waals surface area (Å²) in [6.07, 6.45) is 0. The Hall–Kier alpha value is -2.89. The SMILES string of the molecule is CCOC(=O)CSCc1ccc(C)c2c1s/c(=N\C(=O)c1ccc(C#N)cc1)n2C. The third-order valence-electron chi connectivity index (χ3n) is 4.47. The van der Waals surface area contributed by atoms with Crippen LogP contribution in [0.5, 0.6) is 0 Å². The van der Waals surface area contributed by atoms with Crippen LogP contribution in [0.15, 0.2) is 41.4 Å².